The van der Waals surface area contributed by atoms with E-state index in [4.69, 9.17) is 28.9 Å². The normalized spacial score (nSPS) is 11.6. The number of carbonyl (C=O) groups excluding carboxylic acids is 3. The molecule has 10 heteroatoms. The van der Waals surface area contributed by atoms with Crippen LogP contribution in [0.3, 0.4) is 0 Å². The average Bonchev–Trinajstić information content (AvgIpc) is 2.64. The van der Waals surface area contributed by atoms with Gasteiger partial charge in [0.15, 0.2) is 0 Å². The number of pyridine rings is 1. The number of nitrogens with zero attached hydrogens (tertiary/aromatic N) is 1. The topological polar surface area (TPSA) is 134 Å². The Balaban J connectivity index is 2.09. The van der Waals surface area contributed by atoms with Gasteiger partial charge in [-0.25, -0.2) is 0 Å². The van der Waals surface area contributed by atoms with Crippen molar-refractivity contribution in [3.05, 3.63) is 51.3 Å². The number of benzene rings is 1. The minimum absolute atomic E-state index is 0.00642. The van der Waals surface area contributed by atoms with Crippen LogP contribution >= 0.6 is 23.2 Å². The second-order valence-electron chi connectivity index (χ2n) is 6.43. The highest BCUT2D eigenvalue weighted by Crippen LogP contribution is 2.36. The fourth-order valence-corrected chi connectivity index (χ4v) is 3.07. The molecule has 2 amide bonds. The molecule has 2 rings (SSSR count). The number of phenols is 1. The molecule has 1 unspecified atom stereocenters. The number of Topliss-reactive ketones (excluding diaryl/α,β-unsaturated/α-hetero) is 1. The molecule has 0 aliphatic heterocycles. The SMILES string of the molecule is CC(=O)CC(NC(=O)CNC(=O)c1cnc(C)c(N)c1)c1cc(Cl)cc(Cl)c1O. The van der Waals surface area contributed by atoms with E-state index in [1.54, 1.807) is 6.92 Å². The Morgan fingerprint density at radius 1 is 1.24 bits per heavy atom. The Morgan fingerprint density at radius 3 is 2.55 bits per heavy atom. The zero-order chi connectivity index (χ0) is 21.7. The summed E-state index contributed by atoms with van der Waals surface area (Å²) in [6.07, 6.45) is 1.26. The van der Waals surface area contributed by atoms with Gasteiger partial charge in [-0.3, -0.25) is 19.4 Å². The summed E-state index contributed by atoms with van der Waals surface area (Å²) in [5.74, 6) is -1.62. The van der Waals surface area contributed by atoms with Crippen LogP contribution in [0.5, 0.6) is 5.75 Å². The van der Waals surface area contributed by atoms with Crippen molar-refractivity contribution in [3.63, 3.8) is 0 Å². The van der Waals surface area contributed by atoms with Gasteiger partial charge in [0, 0.05) is 23.2 Å². The van der Waals surface area contributed by atoms with Crippen LogP contribution in [0.1, 0.15) is 41.0 Å². The molecule has 0 fully saturated rings. The smallest absolute Gasteiger partial charge is 0.253 e. The van der Waals surface area contributed by atoms with Crippen LogP contribution in [-0.4, -0.2) is 34.2 Å². The lowest BCUT2D eigenvalue weighted by Gasteiger charge is -2.20. The van der Waals surface area contributed by atoms with Crippen molar-refractivity contribution in [2.24, 2.45) is 0 Å². The number of ketones is 1. The van der Waals surface area contributed by atoms with Crippen molar-refractivity contribution in [2.75, 3.05) is 12.3 Å². The third-order valence-corrected chi connectivity index (χ3v) is 4.56. The maximum Gasteiger partial charge on any atom is 0.253 e. The predicted octanol–water partition coefficient (Wildman–Crippen LogP) is 2.55. The minimum atomic E-state index is -0.871. The zero-order valence-corrected chi connectivity index (χ0v) is 17.3. The van der Waals surface area contributed by atoms with Gasteiger partial charge in [0.25, 0.3) is 5.91 Å². The molecule has 0 radical (unpaired) electrons. The molecule has 0 saturated carbocycles. The molecule has 5 N–H and O–H groups in total. The summed E-state index contributed by atoms with van der Waals surface area (Å²) in [5.41, 5.74) is 7.09. The molecule has 0 aliphatic rings. The van der Waals surface area contributed by atoms with Crippen LogP contribution in [0.15, 0.2) is 24.4 Å². The quantitative estimate of drug-likeness (QED) is 0.524. The lowest BCUT2D eigenvalue weighted by molar-refractivity contribution is -0.121. The number of amides is 2. The van der Waals surface area contributed by atoms with Crippen molar-refractivity contribution in [2.45, 2.75) is 26.3 Å². The van der Waals surface area contributed by atoms with Gasteiger partial charge in [-0.05, 0) is 32.0 Å². The average molecular weight is 439 g/mol. The first-order chi connectivity index (χ1) is 13.6. The summed E-state index contributed by atoms with van der Waals surface area (Å²) in [6, 6.07) is 3.34. The van der Waals surface area contributed by atoms with E-state index in [2.05, 4.69) is 15.6 Å². The first kappa shape index (κ1) is 22.4. The summed E-state index contributed by atoms with van der Waals surface area (Å²) in [4.78, 5) is 40.1. The van der Waals surface area contributed by atoms with E-state index in [-0.39, 0.29) is 45.7 Å². The summed E-state index contributed by atoms with van der Waals surface area (Å²) in [7, 11) is 0. The first-order valence-corrected chi connectivity index (χ1v) is 9.31. The second-order valence-corrected chi connectivity index (χ2v) is 7.28. The van der Waals surface area contributed by atoms with Crippen LogP contribution in [0.25, 0.3) is 0 Å². The number of phenolic OH excluding ortho intramolecular Hbond substituents is 1. The van der Waals surface area contributed by atoms with E-state index in [9.17, 15) is 19.5 Å². The number of nitrogen functional groups attached to an aromatic ring is 1. The molecule has 29 heavy (non-hydrogen) atoms. The molecule has 1 atom stereocenters. The van der Waals surface area contributed by atoms with Crippen molar-refractivity contribution >= 4 is 46.5 Å². The number of halogens is 2. The minimum Gasteiger partial charge on any atom is -0.506 e. The molecule has 0 saturated heterocycles. The van der Waals surface area contributed by atoms with Crippen molar-refractivity contribution in [1.29, 1.82) is 0 Å². The number of hydrogen-bond donors (Lipinski definition) is 4. The number of aromatic hydroxyl groups is 1. The summed E-state index contributed by atoms with van der Waals surface area (Å²) >= 11 is 11.9. The van der Waals surface area contributed by atoms with E-state index in [0.29, 0.717) is 11.4 Å². The molecule has 154 valence electrons. The maximum absolute atomic E-state index is 12.3. The number of nitrogens with one attached hydrogen (secondary N) is 2. The van der Waals surface area contributed by atoms with Gasteiger partial charge < -0.3 is 21.5 Å². The number of nitrogens with two attached hydrogens (primary N) is 1. The largest absolute Gasteiger partial charge is 0.506 e. The van der Waals surface area contributed by atoms with Crippen LogP contribution in [0.4, 0.5) is 5.69 Å². The van der Waals surface area contributed by atoms with Crippen LogP contribution in [0.2, 0.25) is 10.0 Å². The summed E-state index contributed by atoms with van der Waals surface area (Å²) in [5, 5.41) is 15.5. The summed E-state index contributed by atoms with van der Waals surface area (Å²) in [6.45, 7) is 2.69. The molecule has 2 aromatic rings. The molecule has 1 heterocycles. The van der Waals surface area contributed by atoms with Crippen LogP contribution in [-0.2, 0) is 9.59 Å². The van der Waals surface area contributed by atoms with E-state index in [0.717, 1.165) is 0 Å². The van der Waals surface area contributed by atoms with Gasteiger partial charge in [0.2, 0.25) is 5.91 Å². The lowest BCUT2D eigenvalue weighted by Crippen LogP contribution is -2.39. The molecular weight excluding hydrogens is 419 g/mol. The molecule has 1 aromatic carbocycles. The number of aromatic nitrogens is 1. The van der Waals surface area contributed by atoms with Crippen molar-refractivity contribution < 1.29 is 19.5 Å². The maximum atomic E-state index is 12.3. The highest BCUT2D eigenvalue weighted by atomic mass is 35.5. The van der Waals surface area contributed by atoms with E-state index < -0.39 is 17.9 Å². The molecule has 0 aliphatic carbocycles. The fraction of sp³-hybridized carbons (Fsp3) is 0.263. The third kappa shape index (κ3) is 6.07. The van der Waals surface area contributed by atoms with Gasteiger partial charge in [-0.15, -0.1) is 0 Å². The Morgan fingerprint density at radius 2 is 1.93 bits per heavy atom. The number of rotatable bonds is 7. The monoisotopic (exact) mass is 438 g/mol. The lowest BCUT2D eigenvalue weighted by atomic mass is 10.0. The fourth-order valence-electron chi connectivity index (χ4n) is 2.56. The van der Waals surface area contributed by atoms with Gasteiger partial charge >= 0.3 is 0 Å². The van der Waals surface area contributed by atoms with Crippen LogP contribution < -0.4 is 16.4 Å². The van der Waals surface area contributed by atoms with Gasteiger partial charge in [-0.2, -0.15) is 0 Å². The highest BCUT2D eigenvalue weighted by molar-refractivity contribution is 6.35. The van der Waals surface area contributed by atoms with E-state index >= 15 is 0 Å². The molecule has 0 bridgehead atoms. The number of anilines is 1. The van der Waals surface area contributed by atoms with Crippen molar-refractivity contribution in [3.8, 4) is 5.75 Å². The first-order valence-electron chi connectivity index (χ1n) is 8.55. The second kappa shape index (κ2) is 9.58. The van der Waals surface area contributed by atoms with Gasteiger partial charge in [-0.1, -0.05) is 23.2 Å². The Labute approximate surface area is 177 Å². The number of hydrogen-bond acceptors (Lipinski definition) is 6. The molecular formula is C19H20Cl2N4O4. The number of carbonyl (C=O) groups is 3. The third-order valence-electron chi connectivity index (χ3n) is 4.06. The molecule has 0 spiro atoms. The zero-order valence-electron chi connectivity index (χ0n) is 15.8. The molecule has 1 aromatic heterocycles. The van der Waals surface area contributed by atoms with E-state index in [1.165, 1.54) is 31.3 Å². The Hall–Kier alpha value is -2.84. The Kier molecular flexibility index (Phi) is 7.41. The standard InChI is InChI=1S/C19H20Cl2N4O4/c1-9(26)3-16(13-5-12(20)6-14(21)18(13)28)25-17(27)8-24-19(29)11-4-15(22)10(2)23-7-11/h4-7,16,28H,3,8,22H2,1-2H3,(H,24,29)(H,25,27). The molecule has 8 nitrogen and oxygen atoms in total. The predicted molar refractivity (Wildman–Crippen MR) is 110 cm³/mol. The van der Waals surface area contributed by atoms with Gasteiger partial charge in [0.1, 0.15) is 11.5 Å². The highest BCUT2D eigenvalue weighted by Gasteiger charge is 2.22. The summed E-state index contributed by atoms with van der Waals surface area (Å²) < 4.78 is 0. The Bertz CT molecular complexity index is 965. The van der Waals surface area contributed by atoms with Crippen LogP contribution in [0, 0.1) is 6.92 Å². The van der Waals surface area contributed by atoms with Crippen molar-refractivity contribution in [1.82, 2.24) is 15.6 Å². The number of aryl methyl sites for hydroxylation is 1. The van der Waals surface area contributed by atoms with Gasteiger partial charge in [0.05, 0.1) is 34.6 Å². The van der Waals surface area contributed by atoms with E-state index in [1.807, 2.05) is 0 Å².